The highest BCUT2D eigenvalue weighted by atomic mass is 15.3. The Morgan fingerprint density at radius 3 is 3.00 bits per heavy atom. The lowest BCUT2D eigenvalue weighted by atomic mass is 9.98. The Kier molecular flexibility index (Phi) is 2.75. The van der Waals surface area contributed by atoms with E-state index in [4.69, 9.17) is 5.26 Å². The van der Waals surface area contributed by atoms with Gasteiger partial charge in [0.15, 0.2) is 0 Å². The molecule has 0 radical (unpaired) electrons. The first-order valence-electron chi connectivity index (χ1n) is 4.89. The second-order valence-corrected chi connectivity index (χ2v) is 3.60. The fourth-order valence-electron chi connectivity index (χ4n) is 1.76. The lowest BCUT2D eigenvalue weighted by Gasteiger charge is -2.21. The number of aromatic nitrogens is 3. The molecule has 1 N–H and O–H groups in total. The number of piperidine rings is 1. The van der Waals surface area contributed by atoms with E-state index in [1.165, 1.54) is 12.8 Å². The van der Waals surface area contributed by atoms with Gasteiger partial charge >= 0.3 is 0 Å². The van der Waals surface area contributed by atoms with E-state index in [1.54, 1.807) is 11.0 Å². The molecule has 0 bridgehead atoms. The van der Waals surface area contributed by atoms with Crippen LogP contribution >= 0.6 is 0 Å². The summed E-state index contributed by atoms with van der Waals surface area (Å²) in [6, 6.07) is 1.93. The van der Waals surface area contributed by atoms with Gasteiger partial charge in [0.1, 0.15) is 12.4 Å². The van der Waals surface area contributed by atoms with Gasteiger partial charge in [-0.05, 0) is 31.8 Å². The van der Waals surface area contributed by atoms with Crippen molar-refractivity contribution in [1.29, 1.82) is 5.26 Å². The van der Waals surface area contributed by atoms with Crippen molar-refractivity contribution in [3.05, 3.63) is 12.2 Å². The molecule has 0 spiro atoms. The third-order valence-electron chi connectivity index (χ3n) is 2.54. The van der Waals surface area contributed by atoms with Crippen molar-refractivity contribution < 1.29 is 0 Å². The van der Waals surface area contributed by atoms with Crippen LogP contribution in [0.3, 0.4) is 0 Å². The topological polar surface area (TPSA) is 66.5 Å². The van der Waals surface area contributed by atoms with Crippen molar-refractivity contribution in [3.8, 4) is 6.07 Å². The summed E-state index contributed by atoms with van der Waals surface area (Å²) in [5.74, 6) is 0.934. The van der Waals surface area contributed by atoms with E-state index in [2.05, 4.69) is 15.4 Å². The van der Waals surface area contributed by atoms with E-state index in [-0.39, 0.29) is 5.82 Å². The third-order valence-corrected chi connectivity index (χ3v) is 2.54. The highest BCUT2D eigenvalue weighted by molar-refractivity contribution is 5.05. The van der Waals surface area contributed by atoms with E-state index < -0.39 is 0 Å². The van der Waals surface area contributed by atoms with Gasteiger partial charge in [0.2, 0.25) is 0 Å². The molecule has 0 atom stereocenters. The first-order valence-corrected chi connectivity index (χ1v) is 4.89. The molecule has 1 saturated heterocycles. The van der Waals surface area contributed by atoms with Gasteiger partial charge in [-0.15, -0.1) is 5.10 Å². The maximum Gasteiger partial charge on any atom is 0.252 e. The molecule has 0 saturated carbocycles. The van der Waals surface area contributed by atoms with Crippen LogP contribution in [0.5, 0.6) is 0 Å². The summed E-state index contributed by atoms with van der Waals surface area (Å²) in [6.07, 6.45) is 4.00. The molecule has 2 heterocycles. The lowest BCUT2D eigenvalue weighted by Crippen LogP contribution is -2.30. The Labute approximate surface area is 82.7 Å². The van der Waals surface area contributed by atoms with E-state index >= 15 is 0 Å². The van der Waals surface area contributed by atoms with Crippen molar-refractivity contribution in [2.24, 2.45) is 5.92 Å². The minimum atomic E-state index is 0.263. The molecule has 0 amide bonds. The number of nitrogens with one attached hydrogen (secondary N) is 1. The van der Waals surface area contributed by atoms with Gasteiger partial charge in [0.25, 0.3) is 5.82 Å². The van der Waals surface area contributed by atoms with Gasteiger partial charge in [0.05, 0.1) is 0 Å². The smallest absolute Gasteiger partial charge is 0.252 e. The Morgan fingerprint density at radius 1 is 1.57 bits per heavy atom. The summed E-state index contributed by atoms with van der Waals surface area (Å²) in [7, 11) is 0. The maximum atomic E-state index is 8.56. The number of hydrogen-bond acceptors (Lipinski definition) is 4. The van der Waals surface area contributed by atoms with Gasteiger partial charge < -0.3 is 5.32 Å². The molecule has 5 nitrogen and oxygen atoms in total. The predicted molar refractivity (Wildman–Crippen MR) is 50.3 cm³/mol. The summed E-state index contributed by atoms with van der Waals surface area (Å²) in [5, 5.41) is 15.9. The molecule has 1 aliphatic heterocycles. The average Bonchev–Trinajstić information content (AvgIpc) is 2.67. The van der Waals surface area contributed by atoms with E-state index in [1.807, 2.05) is 6.07 Å². The SMILES string of the molecule is N#Cc1ncn(CC2CCNCC2)n1. The molecule has 0 aromatic carbocycles. The summed E-state index contributed by atoms with van der Waals surface area (Å²) >= 11 is 0. The van der Waals surface area contributed by atoms with Gasteiger partial charge in [-0.1, -0.05) is 0 Å². The first-order chi connectivity index (χ1) is 6.88. The summed E-state index contributed by atoms with van der Waals surface area (Å²) < 4.78 is 1.77. The Balaban J connectivity index is 1.93. The van der Waals surface area contributed by atoms with Crippen LogP contribution in [0.15, 0.2) is 6.33 Å². The Bertz CT molecular complexity index is 331. The molecule has 74 valence electrons. The number of nitriles is 1. The molecule has 0 aliphatic carbocycles. The van der Waals surface area contributed by atoms with Crippen LogP contribution in [0.25, 0.3) is 0 Å². The second-order valence-electron chi connectivity index (χ2n) is 3.60. The lowest BCUT2D eigenvalue weighted by molar-refractivity contribution is 0.321. The minimum absolute atomic E-state index is 0.263. The summed E-state index contributed by atoms with van der Waals surface area (Å²) in [6.45, 7) is 3.06. The molecule has 1 aliphatic rings. The molecule has 1 aromatic rings. The Hall–Kier alpha value is -1.41. The molecule has 14 heavy (non-hydrogen) atoms. The van der Waals surface area contributed by atoms with Crippen LogP contribution in [-0.2, 0) is 6.54 Å². The van der Waals surface area contributed by atoms with Crippen LogP contribution in [0, 0.1) is 17.2 Å². The normalized spacial score (nSPS) is 17.9. The van der Waals surface area contributed by atoms with Gasteiger partial charge in [-0.2, -0.15) is 5.26 Å². The van der Waals surface area contributed by atoms with E-state index in [0.717, 1.165) is 19.6 Å². The quantitative estimate of drug-likeness (QED) is 0.722. The highest BCUT2D eigenvalue weighted by Crippen LogP contribution is 2.13. The van der Waals surface area contributed by atoms with Crippen molar-refractivity contribution >= 4 is 0 Å². The fourth-order valence-corrected chi connectivity index (χ4v) is 1.76. The van der Waals surface area contributed by atoms with Crippen molar-refractivity contribution in [2.45, 2.75) is 19.4 Å². The molecule has 1 fully saturated rings. The zero-order valence-corrected chi connectivity index (χ0v) is 7.98. The number of rotatable bonds is 2. The van der Waals surface area contributed by atoms with Crippen molar-refractivity contribution in [2.75, 3.05) is 13.1 Å². The van der Waals surface area contributed by atoms with Crippen molar-refractivity contribution in [1.82, 2.24) is 20.1 Å². The van der Waals surface area contributed by atoms with Crippen LogP contribution in [0.1, 0.15) is 18.7 Å². The Morgan fingerprint density at radius 2 is 2.36 bits per heavy atom. The molecule has 5 heteroatoms. The zero-order valence-electron chi connectivity index (χ0n) is 7.98. The zero-order chi connectivity index (χ0) is 9.80. The largest absolute Gasteiger partial charge is 0.317 e. The highest BCUT2D eigenvalue weighted by Gasteiger charge is 2.14. The van der Waals surface area contributed by atoms with Gasteiger partial charge in [0, 0.05) is 6.54 Å². The molecule has 2 rings (SSSR count). The summed E-state index contributed by atoms with van der Waals surface area (Å²) in [4.78, 5) is 3.88. The average molecular weight is 191 g/mol. The maximum absolute atomic E-state index is 8.56. The molecule has 0 unspecified atom stereocenters. The standard InChI is InChI=1S/C9H13N5/c10-5-9-12-7-14(13-9)6-8-1-3-11-4-2-8/h7-8,11H,1-4,6H2. The monoisotopic (exact) mass is 191 g/mol. The number of hydrogen-bond donors (Lipinski definition) is 1. The van der Waals surface area contributed by atoms with Crippen LogP contribution in [0.2, 0.25) is 0 Å². The first kappa shape index (κ1) is 9.16. The van der Waals surface area contributed by atoms with Crippen LogP contribution < -0.4 is 5.32 Å². The summed E-state index contributed by atoms with van der Waals surface area (Å²) in [5.41, 5.74) is 0. The van der Waals surface area contributed by atoms with E-state index in [9.17, 15) is 0 Å². The van der Waals surface area contributed by atoms with Crippen LogP contribution in [0.4, 0.5) is 0 Å². The van der Waals surface area contributed by atoms with Crippen molar-refractivity contribution in [3.63, 3.8) is 0 Å². The van der Waals surface area contributed by atoms with Gasteiger partial charge in [-0.25, -0.2) is 4.98 Å². The number of nitrogens with zero attached hydrogens (tertiary/aromatic N) is 4. The fraction of sp³-hybridized carbons (Fsp3) is 0.667. The van der Waals surface area contributed by atoms with E-state index in [0.29, 0.717) is 5.92 Å². The third kappa shape index (κ3) is 2.09. The predicted octanol–water partition coefficient (Wildman–Crippen LogP) is 0.149. The molecule has 1 aromatic heterocycles. The second kappa shape index (κ2) is 4.20. The minimum Gasteiger partial charge on any atom is -0.317 e. The molecular weight excluding hydrogens is 178 g/mol. The van der Waals surface area contributed by atoms with Gasteiger partial charge in [-0.3, -0.25) is 4.68 Å². The van der Waals surface area contributed by atoms with Crippen LogP contribution in [-0.4, -0.2) is 27.9 Å². The molecular formula is C9H13N5.